The zero-order chi connectivity index (χ0) is 79.3. The number of aromatic carboxylic acids is 1. The van der Waals surface area contributed by atoms with Crippen molar-refractivity contribution in [2.75, 3.05) is 14.2 Å². The molecule has 0 amide bonds. The van der Waals surface area contributed by atoms with Crippen molar-refractivity contribution in [2.45, 2.75) is 48.0 Å². The monoisotopic (exact) mass is 2070 g/mol. The smallest absolute Gasteiger partial charge is 0.354 e. The van der Waals surface area contributed by atoms with Crippen molar-refractivity contribution < 1.29 is 151 Å². The number of carbonyl (C=O) groups excluding carboxylic acids is 2. The van der Waals surface area contributed by atoms with Crippen LogP contribution in [0.25, 0.3) is 50.8 Å². The maximum absolute atomic E-state index is 13.4. The van der Waals surface area contributed by atoms with Crippen molar-refractivity contribution in [3.05, 3.63) is 326 Å². The number of methoxy groups -OCH3 is 2. The van der Waals surface area contributed by atoms with Gasteiger partial charge in [0.2, 0.25) is 0 Å². The Morgan fingerprint density at radius 2 is 0.883 bits per heavy atom. The third kappa shape index (κ3) is 30.5. The van der Waals surface area contributed by atoms with Gasteiger partial charge in [0.05, 0.1) is 32.7 Å². The van der Waals surface area contributed by atoms with Crippen LogP contribution in [0.2, 0.25) is 0 Å². The summed E-state index contributed by atoms with van der Waals surface area (Å²) in [6.07, 6.45) is 15.6. The second-order valence-electron chi connectivity index (χ2n) is 23.9. The van der Waals surface area contributed by atoms with Gasteiger partial charge in [0.1, 0.15) is 34.4 Å². The Bertz CT molecular complexity index is 4860. The number of nitrogens with zero attached hydrogens (tertiary/aromatic N) is 10. The van der Waals surface area contributed by atoms with Gasteiger partial charge < -0.3 is 34.6 Å². The van der Waals surface area contributed by atoms with Gasteiger partial charge >= 0.3 is 5.97 Å². The molecule has 31 heteroatoms. The van der Waals surface area contributed by atoms with E-state index in [-0.39, 0.29) is 118 Å². The van der Waals surface area contributed by atoms with Gasteiger partial charge in [0.15, 0.2) is 19.4 Å². The van der Waals surface area contributed by atoms with E-state index in [1.807, 2.05) is 41.5 Å². The summed E-state index contributed by atoms with van der Waals surface area (Å²) in [5.74, 6) is -7.73. The summed E-state index contributed by atoms with van der Waals surface area (Å²) in [4.78, 5) is 48.6. The molecule has 0 aliphatic carbocycles. The second-order valence-corrected chi connectivity index (χ2v) is 23.9. The van der Waals surface area contributed by atoms with Crippen LogP contribution in [0.5, 0.6) is 11.5 Å². The van der Waals surface area contributed by atoms with Crippen molar-refractivity contribution >= 4 is 17.5 Å². The van der Waals surface area contributed by atoms with Gasteiger partial charge in [0, 0.05) is 184 Å². The Morgan fingerprint density at radius 1 is 0.459 bits per heavy atom. The van der Waals surface area contributed by atoms with Crippen LogP contribution in [-0.4, -0.2) is 71.3 Å². The minimum atomic E-state index is -0.990. The molecule has 0 aliphatic rings. The zero-order valence-electron chi connectivity index (χ0n) is 59.9. The van der Waals surface area contributed by atoms with E-state index in [9.17, 15) is 67.1 Å². The molecule has 111 heavy (non-hydrogen) atoms. The number of benzene rings is 6. The fraction of sp³-hybridized carbons (Fsp3) is 0.150. The number of ether oxygens (including phenoxy) is 2. The number of ketones is 2. The van der Waals surface area contributed by atoms with Crippen molar-refractivity contribution in [3.63, 3.8) is 0 Å². The van der Waals surface area contributed by atoms with E-state index >= 15 is 0 Å². The Labute approximate surface area is 671 Å². The summed E-state index contributed by atoms with van der Waals surface area (Å²) >= 11 is 0. The molecular weight excluding hydrogens is 2000 g/mol. The normalized spacial score (nSPS) is 10.2. The first kappa shape index (κ1) is 94.3. The molecule has 3 radical (unpaired) electrons. The van der Waals surface area contributed by atoms with Crippen LogP contribution in [0.1, 0.15) is 58.5 Å². The third-order valence-electron chi connectivity index (χ3n) is 13.9. The number of Topliss-reactive ketones (excluding diaryl/α,β-unsaturated/α-hetero) is 2. The number of carbonyl (C=O) groups is 3. The second kappa shape index (κ2) is 45.9. The minimum absolute atomic E-state index is 0. The van der Waals surface area contributed by atoms with Gasteiger partial charge in [-0.25, -0.2) is 9.78 Å². The predicted octanol–water partition coefficient (Wildman–Crippen LogP) is 16.2. The van der Waals surface area contributed by atoms with Gasteiger partial charge in [-0.15, -0.1) is 89.7 Å². The SMILES string of the molecule is CC(C)(C)C(=O)CC(=O)C(C)(C)C.COc1ccnc(-c2[c-]cc(F)cc2F)c1.COc1ccnc(-c2[c-]cc(F)cc2F)c1.C[n+]1cccn1-c1[c-]cc(F)cc1F.Fc1c[c-]c(-[n+]2ccc[n-]2)c(F)c1.Fc1c[c-]c(-c2ccccn2)c(F)c1.Fc1c[c-]c(-n2cccn2)c(F)c1.O=C(O)c1ccccn1.[Ir].[Ir].[Ir]. The molecule has 16 nitrogen and oxygen atoms in total. The number of pyridine rings is 4. The molecule has 0 saturated carbocycles. The summed E-state index contributed by atoms with van der Waals surface area (Å²) in [6.45, 7) is 11.0. The molecular formula is C80H65F12Ir3N10O6-5. The average Bonchev–Trinajstić information content (AvgIpc) is 1.82. The van der Waals surface area contributed by atoms with Crippen molar-refractivity contribution in [1.82, 2.24) is 39.5 Å². The fourth-order valence-corrected chi connectivity index (χ4v) is 8.24. The number of hydrogen-bond acceptors (Lipinski definition) is 10. The van der Waals surface area contributed by atoms with Gasteiger partial charge in [-0.05, 0) is 77.4 Å². The van der Waals surface area contributed by atoms with Crippen LogP contribution in [0.15, 0.2) is 214 Å². The van der Waals surface area contributed by atoms with Gasteiger partial charge in [-0.3, -0.25) is 71.6 Å². The molecule has 7 heterocycles. The van der Waals surface area contributed by atoms with E-state index in [1.54, 1.807) is 116 Å². The Balaban J connectivity index is 0.000000329. The third-order valence-corrected chi connectivity index (χ3v) is 13.9. The number of carboxylic acids is 1. The van der Waals surface area contributed by atoms with E-state index in [0.717, 1.165) is 72.8 Å². The van der Waals surface area contributed by atoms with Crippen molar-refractivity contribution in [2.24, 2.45) is 17.9 Å². The van der Waals surface area contributed by atoms with E-state index in [0.29, 0.717) is 28.6 Å². The molecule has 1 N–H and O–H groups in total. The van der Waals surface area contributed by atoms with Crippen LogP contribution < -0.4 is 23.9 Å². The summed E-state index contributed by atoms with van der Waals surface area (Å²) in [7, 11) is 4.77. The zero-order valence-corrected chi connectivity index (χ0v) is 67.1. The number of halogens is 12. The standard InChI is InChI=1S/2C12H8F2NO.C11H6F2N.C11H20O2.C10H8F2N2.2C9H5F2N2.C6H5NO2.3Ir/c2*1-16-9-4-5-15-12(7-9)10-3-2-8(13)6-11(10)14;12-8-4-5-9(10(13)7-8)11-3-1-2-6-14-11;1-10(2,3)8(12)7-9(13)11(4,5)6;1-13-5-2-6-14(13)10-4-3-8(11)7-9(10)12;2*10-7-2-3-9(8(11)6-7)13-5-1-4-12-13;8-6(9)5-3-1-2-4-7-5;;;/h2*2,4-7H,1H3;1-4,6-7H;7H2,1-6H3;2-3,5-7H,1H3;2*1-2,4-6H;1-4H,(H,8,9);;;/q3*-1;;;2*-1;;;;. The largest absolute Gasteiger partial charge is 0.497 e. The average molecular weight is 2070 g/mol. The number of aryl methyl sites for hydroxylation is 1. The first-order valence-electron chi connectivity index (χ1n) is 31.6. The number of aromatic nitrogens is 10. The predicted molar refractivity (Wildman–Crippen MR) is 371 cm³/mol. The van der Waals surface area contributed by atoms with Crippen LogP contribution in [0.4, 0.5) is 52.7 Å². The van der Waals surface area contributed by atoms with Crippen LogP contribution in [0, 0.1) is 117 Å². The molecule has 587 valence electrons. The van der Waals surface area contributed by atoms with E-state index in [2.05, 4.69) is 66.5 Å². The molecule has 13 rings (SSSR count). The van der Waals surface area contributed by atoms with Crippen LogP contribution in [-0.2, 0) is 77.0 Å². The molecule has 0 aliphatic heterocycles. The molecule has 0 bridgehead atoms. The summed E-state index contributed by atoms with van der Waals surface area (Å²) < 4.78 is 171. The van der Waals surface area contributed by atoms with E-state index in [1.165, 1.54) is 65.3 Å². The van der Waals surface area contributed by atoms with E-state index in [4.69, 9.17) is 14.6 Å². The first-order valence-corrected chi connectivity index (χ1v) is 31.6. The van der Waals surface area contributed by atoms with Gasteiger partial charge in [-0.1, -0.05) is 101 Å². The Hall–Kier alpha value is -10.9. The molecule has 13 aromatic rings. The number of rotatable bonds is 11. The summed E-state index contributed by atoms with van der Waals surface area (Å²) in [5, 5.41) is 15.9. The van der Waals surface area contributed by atoms with Crippen molar-refractivity contribution in [3.8, 4) is 62.3 Å². The topological polar surface area (TPSA) is 186 Å². The molecule has 0 unspecified atom stereocenters. The molecule has 0 fully saturated rings. The summed E-state index contributed by atoms with van der Waals surface area (Å²) in [5.41, 5.74) is 1.32. The molecule has 7 aromatic heterocycles. The molecule has 0 spiro atoms. The Kier molecular flexibility index (Phi) is 39.0. The number of hydrogen-bond donors (Lipinski definition) is 1. The van der Waals surface area contributed by atoms with Crippen LogP contribution >= 0.6 is 0 Å². The quantitative estimate of drug-likeness (QED) is 0.0560. The maximum atomic E-state index is 13.4. The van der Waals surface area contributed by atoms with Crippen LogP contribution in [0.3, 0.4) is 0 Å². The molecule has 0 saturated heterocycles. The minimum Gasteiger partial charge on any atom is -0.497 e. The molecule has 6 aromatic carbocycles. The van der Waals surface area contributed by atoms with E-state index < -0.39 is 86.6 Å². The van der Waals surface area contributed by atoms with Gasteiger partial charge in [-0.2, -0.15) is 15.8 Å². The number of carboxylic acid groups (broad SMARTS) is 1. The molecule has 0 atom stereocenters. The van der Waals surface area contributed by atoms with Crippen molar-refractivity contribution in [1.29, 1.82) is 0 Å². The Morgan fingerprint density at radius 3 is 1.23 bits per heavy atom. The fourth-order valence-electron chi connectivity index (χ4n) is 8.24. The summed E-state index contributed by atoms with van der Waals surface area (Å²) in [6, 6.07) is 47.6. The first-order chi connectivity index (χ1) is 51.3. The maximum Gasteiger partial charge on any atom is 0.354 e. The van der Waals surface area contributed by atoms with Gasteiger partial charge in [0.25, 0.3) is 0 Å².